The number of halogens is 1. The summed E-state index contributed by atoms with van der Waals surface area (Å²) < 4.78 is 6.56. The molecule has 0 saturated carbocycles. The number of ether oxygens (including phenoxy) is 1. The number of nitrogens with zero attached hydrogens (tertiary/aromatic N) is 2. The second-order valence-electron chi connectivity index (χ2n) is 6.84. The highest BCUT2D eigenvalue weighted by Crippen LogP contribution is 2.31. The predicted molar refractivity (Wildman–Crippen MR) is 105 cm³/mol. The minimum absolute atomic E-state index is 0.0189. The van der Waals surface area contributed by atoms with Crippen molar-refractivity contribution in [3.8, 4) is 5.75 Å². The quantitative estimate of drug-likeness (QED) is 0.785. The van der Waals surface area contributed by atoms with Crippen molar-refractivity contribution in [2.24, 2.45) is 0 Å². The number of piperidine rings is 1. The molecule has 0 bridgehead atoms. The Morgan fingerprint density at radius 3 is 2.96 bits per heavy atom. The van der Waals surface area contributed by atoms with E-state index >= 15 is 0 Å². The average molecular weight is 430 g/mol. The zero-order chi connectivity index (χ0) is 18.8. The van der Waals surface area contributed by atoms with Gasteiger partial charge in [0.25, 0.3) is 11.8 Å². The molecule has 7 heteroatoms. The number of anilines is 1. The summed E-state index contributed by atoms with van der Waals surface area (Å²) in [4.78, 5) is 31.5. The Morgan fingerprint density at radius 2 is 2.11 bits per heavy atom. The van der Waals surface area contributed by atoms with Crippen LogP contribution in [0.3, 0.4) is 0 Å². The fourth-order valence-corrected chi connectivity index (χ4v) is 4.03. The first-order chi connectivity index (χ1) is 13.1. The molecule has 0 radical (unpaired) electrons. The lowest BCUT2D eigenvalue weighted by Gasteiger charge is -2.37. The Morgan fingerprint density at radius 1 is 1.22 bits per heavy atom. The monoisotopic (exact) mass is 429 g/mol. The first-order valence-electron chi connectivity index (χ1n) is 9.11. The van der Waals surface area contributed by atoms with Crippen molar-refractivity contribution in [1.82, 2.24) is 9.88 Å². The third kappa shape index (κ3) is 3.83. The van der Waals surface area contributed by atoms with Crippen LogP contribution >= 0.6 is 15.9 Å². The topological polar surface area (TPSA) is 71.5 Å². The van der Waals surface area contributed by atoms with E-state index in [-0.39, 0.29) is 17.9 Å². The smallest absolute Gasteiger partial charge is 0.257 e. The zero-order valence-corrected chi connectivity index (χ0v) is 16.4. The van der Waals surface area contributed by atoms with Gasteiger partial charge in [-0.25, -0.2) is 0 Å². The highest BCUT2D eigenvalue weighted by molar-refractivity contribution is 9.10. The van der Waals surface area contributed by atoms with Crippen LogP contribution in [0.15, 0.2) is 41.1 Å². The maximum absolute atomic E-state index is 13.1. The number of hydrogen-bond donors (Lipinski definition) is 1. The van der Waals surface area contributed by atoms with Gasteiger partial charge in [0.1, 0.15) is 5.75 Å². The van der Waals surface area contributed by atoms with Crippen molar-refractivity contribution in [3.63, 3.8) is 0 Å². The molecule has 1 aromatic carbocycles. The van der Waals surface area contributed by atoms with Gasteiger partial charge in [-0.15, -0.1) is 0 Å². The summed E-state index contributed by atoms with van der Waals surface area (Å²) in [5.41, 5.74) is 1.51. The number of aromatic nitrogens is 1. The lowest BCUT2D eigenvalue weighted by atomic mass is 9.97. The Bertz CT molecular complexity index is 887. The number of hydrogen-bond acceptors (Lipinski definition) is 4. The third-order valence-corrected chi connectivity index (χ3v) is 5.47. The van der Waals surface area contributed by atoms with Crippen LogP contribution < -0.4 is 10.1 Å². The van der Waals surface area contributed by atoms with Crippen LogP contribution in [-0.2, 0) is 0 Å². The number of carbonyl (C=O) groups excluding carboxylic acids is 2. The van der Waals surface area contributed by atoms with Crippen molar-refractivity contribution in [3.05, 3.63) is 52.3 Å². The van der Waals surface area contributed by atoms with E-state index in [1.165, 1.54) is 6.20 Å². The molecule has 2 aliphatic heterocycles. The lowest BCUT2D eigenvalue weighted by molar-refractivity contribution is 0.0548. The van der Waals surface area contributed by atoms with E-state index in [9.17, 15) is 9.59 Å². The van der Waals surface area contributed by atoms with E-state index < -0.39 is 0 Å². The van der Waals surface area contributed by atoms with E-state index in [1.54, 1.807) is 30.5 Å². The van der Waals surface area contributed by atoms with E-state index in [4.69, 9.17) is 4.74 Å². The van der Waals surface area contributed by atoms with Gasteiger partial charge in [-0.3, -0.25) is 14.6 Å². The molecule has 27 heavy (non-hydrogen) atoms. The molecule has 1 fully saturated rings. The lowest BCUT2D eigenvalue weighted by Crippen LogP contribution is -2.45. The van der Waals surface area contributed by atoms with Gasteiger partial charge in [-0.2, -0.15) is 0 Å². The van der Waals surface area contributed by atoms with Crippen molar-refractivity contribution in [2.45, 2.75) is 31.7 Å². The number of rotatable bonds is 2. The second kappa shape index (κ2) is 7.68. The van der Waals surface area contributed by atoms with Crippen LogP contribution in [0.25, 0.3) is 0 Å². The Balaban J connectivity index is 1.60. The van der Waals surface area contributed by atoms with Crippen molar-refractivity contribution in [1.29, 1.82) is 0 Å². The number of nitrogens with one attached hydrogen (secondary N) is 1. The summed E-state index contributed by atoms with van der Waals surface area (Å²) in [6.45, 7) is 1.38. The van der Waals surface area contributed by atoms with Gasteiger partial charge in [0.05, 0.1) is 17.7 Å². The molecule has 2 amide bonds. The maximum atomic E-state index is 13.1. The van der Waals surface area contributed by atoms with Crippen LogP contribution in [-0.4, -0.2) is 40.9 Å². The SMILES string of the molecule is O=C(Nc1ccc2c(c1)C(=O)N1CCCC[C@H]1CCO2)c1cncc(Br)c1. The van der Waals surface area contributed by atoms with E-state index in [0.29, 0.717) is 29.2 Å². The van der Waals surface area contributed by atoms with Crippen LogP contribution in [0, 0.1) is 0 Å². The van der Waals surface area contributed by atoms with Crippen LogP contribution in [0.1, 0.15) is 46.4 Å². The maximum Gasteiger partial charge on any atom is 0.257 e. The summed E-state index contributed by atoms with van der Waals surface area (Å²) in [5.74, 6) is 0.277. The van der Waals surface area contributed by atoms with Crippen molar-refractivity contribution >= 4 is 33.4 Å². The molecular formula is C20H20BrN3O3. The molecule has 6 nitrogen and oxygen atoms in total. The molecule has 2 aliphatic rings. The highest BCUT2D eigenvalue weighted by Gasteiger charge is 2.31. The fraction of sp³-hybridized carbons (Fsp3) is 0.350. The number of amides is 2. The standard InChI is InChI=1S/C20H20BrN3O3/c21-14-9-13(11-22-12-14)19(25)23-15-4-5-18-17(10-15)20(26)24-7-2-1-3-16(24)6-8-27-18/h4-5,9-12,16H,1-3,6-8H2,(H,23,25)/t16-/m0/s1. The van der Waals surface area contributed by atoms with E-state index in [1.807, 2.05) is 4.90 Å². The van der Waals surface area contributed by atoms with Gasteiger partial charge in [-0.1, -0.05) is 0 Å². The Hall–Kier alpha value is -2.41. The molecule has 4 rings (SSSR count). The molecule has 0 aliphatic carbocycles. The molecule has 1 atom stereocenters. The fourth-order valence-electron chi connectivity index (χ4n) is 3.67. The molecule has 140 valence electrons. The molecule has 1 aromatic heterocycles. The summed E-state index contributed by atoms with van der Waals surface area (Å²) in [6, 6.07) is 7.16. The number of pyridine rings is 1. The molecule has 2 aromatic rings. The molecule has 1 saturated heterocycles. The van der Waals surface area contributed by atoms with Gasteiger partial charge in [-0.05, 0) is 59.5 Å². The van der Waals surface area contributed by atoms with Gasteiger partial charge < -0.3 is 15.0 Å². The van der Waals surface area contributed by atoms with Crippen molar-refractivity contribution < 1.29 is 14.3 Å². The highest BCUT2D eigenvalue weighted by atomic mass is 79.9. The third-order valence-electron chi connectivity index (χ3n) is 5.03. The summed E-state index contributed by atoms with van der Waals surface area (Å²) in [6.07, 6.45) is 7.19. The van der Waals surface area contributed by atoms with Crippen molar-refractivity contribution in [2.75, 3.05) is 18.5 Å². The van der Waals surface area contributed by atoms with Gasteiger partial charge in [0.2, 0.25) is 0 Å². The number of fused-ring (bicyclic) bond motifs is 2. The number of carbonyl (C=O) groups is 2. The van der Waals surface area contributed by atoms with Crippen LogP contribution in [0.2, 0.25) is 0 Å². The Labute approximate surface area is 166 Å². The minimum Gasteiger partial charge on any atom is -0.493 e. The first-order valence-corrected chi connectivity index (χ1v) is 9.91. The zero-order valence-electron chi connectivity index (χ0n) is 14.8. The van der Waals surface area contributed by atoms with Gasteiger partial charge in [0.15, 0.2) is 0 Å². The van der Waals surface area contributed by atoms with Gasteiger partial charge in [0, 0.05) is 41.6 Å². The van der Waals surface area contributed by atoms with Crippen LogP contribution in [0.5, 0.6) is 5.75 Å². The second-order valence-corrected chi connectivity index (χ2v) is 7.76. The summed E-state index contributed by atoms with van der Waals surface area (Å²) in [5, 5.41) is 2.84. The predicted octanol–water partition coefficient (Wildman–Crippen LogP) is 3.87. The van der Waals surface area contributed by atoms with E-state index in [2.05, 4.69) is 26.2 Å². The molecular weight excluding hydrogens is 410 g/mol. The summed E-state index contributed by atoms with van der Waals surface area (Å²) in [7, 11) is 0. The molecule has 3 heterocycles. The van der Waals surface area contributed by atoms with Gasteiger partial charge >= 0.3 is 0 Å². The molecule has 0 spiro atoms. The summed E-state index contributed by atoms with van der Waals surface area (Å²) >= 11 is 3.31. The average Bonchev–Trinajstić information content (AvgIpc) is 2.67. The van der Waals surface area contributed by atoms with E-state index in [0.717, 1.165) is 36.7 Å². The minimum atomic E-state index is -0.279. The Kier molecular flexibility index (Phi) is 5.11. The molecule has 0 unspecified atom stereocenters. The number of benzene rings is 1. The van der Waals surface area contributed by atoms with Crippen LogP contribution in [0.4, 0.5) is 5.69 Å². The normalized spacial score (nSPS) is 19.2. The molecule has 1 N–H and O–H groups in total. The largest absolute Gasteiger partial charge is 0.493 e. The first kappa shape index (κ1) is 18.0.